The number of methoxy groups -OCH3 is 1. The molecule has 0 amide bonds. The summed E-state index contributed by atoms with van der Waals surface area (Å²) in [4.78, 5) is 10.9. The van der Waals surface area contributed by atoms with Crippen molar-refractivity contribution in [3.8, 4) is 17.0 Å². The molecular formula is C25H28FN7O3S. The highest BCUT2D eigenvalue weighted by atomic mass is 32.2. The summed E-state index contributed by atoms with van der Waals surface area (Å²) in [5, 5.41) is 5.61. The summed E-state index contributed by atoms with van der Waals surface area (Å²) in [6, 6.07) is 11.0. The maximum Gasteiger partial charge on any atom is 0.241 e. The largest absolute Gasteiger partial charge is 0.494 e. The van der Waals surface area contributed by atoms with Crippen LogP contribution in [0, 0.1) is 5.82 Å². The molecule has 1 unspecified atom stereocenters. The van der Waals surface area contributed by atoms with Crippen molar-refractivity contribution in [2.75, 3.05) is 33.0 Å². The number of ether oxygens (including phenoxy) is 1. The molecule has 3 N–H and O–H groups in total. The average molecular weight is 526 g/mol. The molecule has 2 aromatic carbocycles. The molecule has 1 fully saturated rings. The van der Waals surface area contributed by atoms with Gasteiger partial charge in [0.15, 0.2) is 17.2 Å². The number of piperidine rings is 1. The number of likely N-dealkylation sites (N-methyl/N-ethyl adjacent to an activating group) is 1. The van der Waals surface area contributed by atoms with Gasteiger partial charge in [-0.05, 0) is 44.1 Å². The van der Waals surface area contributed by atoms with Crippen molar-refractivity contribution < 1.29 is 17.5 Å². The number of fused-ring (bicyclic) bond motifs is 1. The van der Waals surface area contributed by atoms with E-state index in [4.69, 9.17) is 15.6 Å². The number of sulfonamides is 1. The number of aromatic nitrogens is 4. The fourth-order valence-electron chi connectivity index (χ4n) is 4.64. The van der Waals surface area contributed by atoms with Gasteiger partial charge < -0.3 is 15.4 Å². The fourth-order valence-corrected chi connectivity index (χ4v) is 5.67. The summed E-state index contributed by atoms with van der Waals surface area (Å²) in [7, 11) is -0.488. The van der Waals surface area contributed by atoms with Gasteiger partial charge in [-0.15, -0.1) is 0 Å². The second-order valence-electron chi connectivity index (χ2n) is 9.13. The molecule has 3 heterocycles. The number of nitrogens with two attached hydrogens (primary N) is 1. The Morgan fingerprint density at radius 2 is 1.97 bits per heavy atom. The lowest BCUT2D eigenvalue weighted by Crippen LogP contribution is -2.34. The van der Waals surface area contributed by atoms with Gasteiger partial charge in [-0.2, -0.15) is 5.10 Å². The van der Waals surface area contributed by atoms with E-state index >= 15 is 0 Å². The zero-order valence-corrected chi connectivity index (χ0v) is 21.4. The van der Waals surface area contributed by atoms with Crippen LogP contribution in [0.3, 0.4) is 0 Å². The highest BCUT2D eigenvalue weighted by Crippen LogP contribution is 2.33. The number of nitrogen functional groups attached to an aromatic ring is 1. The van der Waals surface area contributed by atoms with E-state index in [-0.39, 0.29) is 23.2 Å². The third kappa shape index (κ3) is 4.99. The molecule has 0 radical (unpaired) electrons. The van der Waals surface area contributed by atoms with Crippen LogP contribution in [-0.4, -0.2) is 60.3 Å². The Morgan fingerprint density at radius 1 is 1.19 bits per heavy atom. The molecule has 37 heavy (non-hydrogen) atoms. The number of rotatable bonds is 7. The Bertz CT molecular complexity index is 1540. The Balaban J connectivity index is 1.39. The lowest BCUT2D eigenvalue weighted by atomic mass is 10.1. The normalized spacial score (nSPS) is 16.8. The molecule has 1 aliphatic heterocycles. The number of nitrogens with zero attached hydrogens (tertiary/aromatic N) is 5. The van der Waals surface area contributed by atoms with Gasteiger partial charge >= 0.3 is 0 Å². The number of hydrogen-bond donors (Lipinski definition) is 2. The van der Waals surface area contributed by atoms with Gasteiger partial charge in [0.1, 0.15) is 17.8 Å². The van der Waals surface area contributed by atoms with Gasteiger partial charge in [0.2, 0.25) is 10.0 Å². The molecule has 0 spiro atoms. The number of halogens is 1. The van der Waals surface area contributed by atoms with Crippen LogP contribution in [0.4, 0.5) is 10.2 Å². The van der Waals surface area contributed by atoms with E-state index in [0.717, 1.165) is 49.2 Å². The van der Waals surface area contributed by atoms with Gasteiger partial charge in [-0.1, -0.05) is 24.3 Å². The zero-order valence-electron chi connectivity index (χ0n) is 20.6. The van der Waals surface area contributed by atoms with E-state index in [9.17, 15) is 12.8 Å². The molecule has 4 aromatic rings. The maximum absolute atomic E-state index is 13.7. The molecule has 10 nitrogen and oxygen atoms in total. The first kappa shape index (κ1) is 25.1. The molecule has 194 valence electrons. The fraction of sp³-hybridized carbons (Fsp3) is 0.320. The number of likely N-dealkylation sites (tertiary alicyclic amines) is 1. The molecule has 1 aliphatic rings. The predicted molar refractivity (Wildman–Crippen MR) is 138 cm³/mol. The molecule has 1 saturated heterocycles. The van der Waals surface area contributed by atoms with Crippen LogP contribution in [-0.2, 0) is 16.6 Å². The number of nitrogens with one attached hydrogen (secondary N) is 1. The molecular weight excluding hydrogens is 497 g/mol. The minimum atomic E-state index is -3.87. The molecule has 12 heteroatoms. The maximum atomic E-state index is 13.7. The van der Waals surface area contributed by atoms with Crippen molar-refractivity contribution in [3.05, 3.63) is 60.2 Å². The second-order valence-corrected chi connectivity index (χ2v) is 10.9. The van der Waals surface area contributed by atoms with Crippen LogP contribution in [0.1, 0.15) is 24.4 Å². The summed E-state index contributed by atoms with van der Waals surface area (Å²) >= 11 is 0. The summed E-state index contributed by atoms with van der Waals surface area (Å²) in [5.74, 6) is -0.405. The van der Waals surface area contributed by atoms with E-state index in [2.05, 4.69) is 26.6 Å². The van der Waals surface area contributed by atoms with E-state index < -0.39 is 15.8 Å². The first-order valence-corrected chi connectivity index (χ1v) is 13.3. The average Bonchev–Trinajstić information content (AvgIpc) is 3.29. The van der Waals surface area contributed by atoms with E-state index in [1.165, 1.54) is 19.5 Å². The van der Waals surface area contributed by atoms with E-state index in [1.807, 2.05) is 28.9 Å². The highest BCUT2D eigenvalue weighted by molar-refractivity contribution is 7.89. The van der Waals surface area contributed by atoms with Gasteiger partial charge in [0.25, 0.3) is 0 Å². The Labute approximate surface area is 214 Å². The predicted octanol–water partition coefficient (Wildman–Crippen LogP) is 2.97. The quantitative estimate of drug-likeness (QED) is 0.377. The van der Waals surface area contributed by atoms with Gasteiger partial charge in [-0.25, -0.2) is 32.2 Å². The highest BCUT2D eigenvalue weighted by Gasteiger charge is 2.25. The minimum absolute atomic E-state index is 0.0527. The lowest BCUT2D eigenvalue weighted by molar-refractivity contribution is 0.205. The molecule has 0 saturated carbocycles. The number of hydrogen-bond acceptors (Lipinski definition) is 8. The first-order chi connectivity index (χ1) is 17.8. The molecule has 0 bridgehead atoms. The molecule has 5 rings (SSSR count). The SMILES string of the molecule is COc1cc(S(=O)(=O)NCc2ccc(-c3nn(C4CCCN(C)C4)c4ncnc(N)c34)cc2)ccc1F. The van der Waals surface area contributed by atoms with Gasteiger partial charge in [0.05, 0.1) is 23.4 Å². The van der Waals surface area contributed by atoms with Gasteiger partial charge in [-0.3, -0.25) is 0 Å². The van der Waals surface area contributed by atoms with Crippen molar-refractivity contribution in [2.24, 2.45) is 0 Å². The van der Waals surface area contributed by atoms with Crippen molar-refractivity contribution in [2.45, 2.75) is 30.3 Å². The first-order valence-electron chi connectivity index (χ1n) is 11.9. The summed E-state index contributed by atoms with van der Waals surface area (Å²) < 4.78 is 48.5. The minimum Gasteiger partial charge on any atom is -0.494 e. The molecule has 2 aromatic heterocycles. The number of benzene rings is 2. The third-order valence-corrected chi connectivity index (χ3v) is 7.99. The van der Waals surface area contributed by atoms with Crippen LogP contribution in [0.5, 0.6) is 5.75 Å². The summed E-state index contributed by atoms with van der Waals surface area (Å²) in [6.45, 7) is 1.98. The third-order valence-electron chi connectivity index (χ3n) is 6.59. The van der Waals surface area contributed by atoms with E-state index in [1.54, 1.807) is 0 Å². The molecule has 0 aliphatic carbocycles. The van der Waals surface area contributed by atoms with Crippen LogP contribution in [0.25, 0.3) is 22.3 Å². The zero-order chi connectivity index (χ0) is 26.2. The summed E-state index contributed by atoms with van der Waals surface area (Å²) in [6.07, 6.45) is 3.54. The Hall–Kier alpha value is -3.61. The van der Waals surface area contributed by atoms with Crippen molar-refractivity contribution >= 4 is 26.9 Å². The van der Waals surface area contributed by atoms with Crippen molar-refractivity contribution in [3.63, 3.8) is 0 Å². The Morgan fingerprint density at radius 3 is 2.70 bits per heavy atom. The standard InChI is InChI=1S/C25H28FN7O3S/c1-32-11-3-4-18(14-32)33-25-22(24(27)28-15-29-25)23(31-33)17-7-5-16(6-8-17)13-30-37(34,35)19-9-10-20(26)21(12-19)36-2/h5-10,12,15,18,30H,3-4,11,13-14H2,1-2H3,(H2,27,28,29). The second kappa shape index (κ2) is 10.0. The van der Waals surface area contributed by atoms with Crippen LogP contribution in [0.2, 0.25) is 0 Å². The monoisotopic (exact) mass is 525 g/mol. The summed E-state index contributed by atoms with van der Waals surface area (Å²) in [5.41, 5.74) is 9.20. The smallest absolute Gasteiger partial charge is 0.241 e. The van der Waals surface area contributed by atoms with Crippen molar-refractivity contribution in [1.29, 1.82) is 0 Å². The van der Waals surface area contributed by atoms with Crippen LogP contribution in [0.15, 0.2) is 53.7 Å². The molecule has 1 atom stereocenters. The van der Waals surface area contributed by atoms with E-state index in [0.29, 0.717) is 22.5 Å². The lowest BCUT2D eigenvalue weighted by Gasteiger charge is -2.29. The van der Waals surface area contributed by atoms with Crippen LogP contribution >= 0.6 is 0 Å². The van der Waals surface area contributed by atoms with Gasteiger partial charge in [0, 0.05) is 24.7 Å². The topological polar surface area (TPSA) is 128 Å². The Kier molecular flexibility index (Phi) is 6.80. The number of anilines is 1. The van der Waals surface area contributed by atoms with Crippen LogP contribution < -0.4 is 15.2 Å². The van der Waals surface area contributed by atoms with Crippen molar-refractivity contribution in [1.82, 2.24) is 29.4 Å².